The maximum atomic E-state index is 11.8. The number of hydrogen-bond donors (Lipinski definition) is 1. The van der Waals surface area contributed by atoms with E-state index in [0.29, 0.717) is 51.8 Å². The summed E-state index contributed by atoms with van der Waals surface area (Å²) in [5, 5.41) is 44.2. The van der Waals surface area contributed by atoms with Gasteiger partial charge in [-0.25, -0.2) is 0 Å². The van der Waals surface area contributed by atoms with Crippen molar-refractivity contribution in [2.45, 2.75) is 12.5 Å². The van der Waals surface area contributed by atoms with Crippen LogP contribution in [0.3, 0.4) is 0 Å². The summed E-state index contributed by atoms with van der Waals surface area (Å²) in [6, 6.07) is 6.67. The third kappa shape index (κ3) is 20.1. The molecule has 0 bridgehead atoms. The fourth-order valence-electron chi connectivity index (χ4n) is 5.01. The molecule has 47 heavy (non-hydrogen) atoms. The minimum atomic E-state index is -1.33. The molecule has 16 nitrogen and oxygen atoms in total. The summed E-state index contributed by atoms with van der Waals surface area (Å²) in [6.07, 6.45) is 0.324. The van der Waals surface area contributed by atoms with Crippen molar-refractivity contribution >= 4 is 23.9 Å². The number of rotatable bonds is 20. The molecule has 1 heterocycles. The number of methoxy groups -OCH3 is 1. The molecule has 1 radical (unpaired) electrons. The SMILES string of the molecule is COCCOCCOCCOc1ccc(C[C@@H]2CN(CC(=O)[O-])CCN(CC(=O)[O-])CCN(CC(=O)O)CCN2CC(=O)[O-])cc1.[Gd+3]. The molecule has 0 amide bonds. The number of hydrogen-bond acceptors (Lipinski definition) is 15. The van der Waals surface area contributed by atoms with Gasteiger partial charge in [0.1, 0.15) is 12.4 Å². The molecule has 0 spiro atoms. The van der Waals surface area contributed by atoms with Crippen molar-refractivity contribution in [1.29, 1.82) is 0 Å². The Hall–Kier alpha value is -2.06. The fourth-order valence-corrected chi connectivity index (χ4v) is 5.01. The smallest absolute Gasteiger partial charge is 0.549 e. The molecule has 2 rings (SSSR count). The molecule has 0 unspecified atom stereocenters. The van der Waals surface area contributed by atoms with Gasteiger partial charge in [-0.3, -0.25) is 24.4 Å². The molecular formula is C30H45GdN4O12. The van der Waals surface area contributed by atoms with Gasteiger partial charge in [-0.2, -0.15) is 0 Å². The van der Waals surface area contributed by atoms with Gasteiger partial charge in [0, 0.05) is 78.6 Å². The molecule has 1 aliphatic rings. The van der Waals surface area contributed by atoms with E-state index in [1.54, 1.807) is 38.8 Å². The van der Waals surface area contributed by atoms with Gasteiger partial charge >= 0.3 is 45.9 Å². The molecule has 1 aromatic carbocycles. The van der Waals surface area contributed by atoms with E-state index in [2.05, 4.69) is 0 Å². The number of carbonyl (C=O) groups excluding carboxylic acids is 3. The van der Waals surface area contributed by atoms with Gasteiger partial charge in [0.25, 0.3) is 0 Å². The van der Waals surface area contributed by atoms with Crippen LogP contribution in [0.1, 0.15) is 5.56 Å². The molecule has 1 N–H and O–H groups in total. The van der Waals surface area contributed by atoms with E-state index in [4.69, 9.17) is 18.9 Å². The van der Waals surface area contributed by atoms with E-state index in [1.165, 1.54) is 0 Å². The second kappa shape index (κ2) is 25.0. The molecule has 1 saturated heterocycles. The maximum absolute atomic E-state index is 11.8. The van der Waals surface area contributed by atoms with Crippen LogP contribution in [-0.2, 0) is 39.8 Å². The Morgan fingerprint density at radius 1 is 0.702 bits per heavy atom. The van der Waals surface area contributed by atoms with Crippen molar-refractivity contribution in [3.8, 4) is 5.75 Å². The number of ether oxygens (including phenoxy) is 4. The Kier molecular flexibility index (Phi) is 22.8. The summed E-state index contributed by atoms with van der Waals surface area (Å²) in [5.74, 6) is -4.46. The molecule has 1 aliphatic heterocycles. The Labute approximate surface area is 307 Å². The molecule has 17 heteroatoms. The van der Waals surface area contributed by atoms with E-state index in [-0.39, 0.29) is 92.3 Å². The summed E-state index contributed by atoms with van der Waals surface area (Å²) in [4.78, 5) is 52.7. The van der Waals surface area contributed by atoms with Gasteiger partial charge in [0.15, 0.2) is 0 Å². The molecule has 0 aromatic heterocycles. The molecule has 1 aromatic rings. The molecule has 1 atom stereocenters. The normalized spacial score (nSPS) is 17.6. The first kappa shape index (κ1) is 43.0. The molecule has 265 valence electrons. The summed E-state index contributed by atoms with van der Waals surface area (Å²) in [6.45, 7) is 2.04. The van der Waals surface area contributed by atoms with Gasteiger partial charge in [-0.1, -0.05) is 12.1 Å². The zero-order valence-electron chi connectivity index (χ0n) is 26.7. The maximum Gasteiger partial charge on any atom is 3.00 e. The van der Waals surface area contributed by atoms with Gasteiger partial charge in [-0.05, 0) is 24.1 Å². The molecule has 0 saturated carbocycles. The number of carboxylic acid groups (broad SMARTS) is 4. The average molecular weight is 811 g/mol. The first-order valence-corrected chi connectivity index (χ1v) is 15.1. The van der Waals surface area contributed by atoms with E-state index < -0.39 is 49.6 Å². The van der Waals surface area contributed by atoms with Crippen LogP contribution in [0.25, 0.3) is 0 Å². The van der Waals surface area contributed by atoms with Crippen LogP contribution >= 0.6 is 0 Å². The summed E-state index contributed by atoms with van der Waals surface area (Å²) in [5.41, 5.74) is 0.826. The quantitative estimate of drug-likeness (QED) is 0.123. The van der Waals surface area contributed by atoms with Crippen molar-refractivity contribution in [3.05, 3.63) is 29.8 Å². The monoisotopic (exact) mass is 811 g/mol. The number of carboxylic acids is 4. The Bertz CT molecular complexity index is 1070. The van der Waals surface area contributed by atoms with E-state index >= 15 is 0 Å². The first-order chi connectivity index (χ1) is 22.0. The Balaban J connectivity index is 0.0000110. The van der Waals surface area contributed by atoms with Crippen LogP contribution in [0.4, 0.5) is 0 Å². The van der Waals surface area contributed by atoms with Gasteiger partial charge in [-0.15, -0.1) is 0 Å². The zero-order valence-corrected chi connectivity index (χ0v) is 29.0. The zero-order chi connectivity index (χ0) is 33.7. The molecule has 1 fully saturated rings. The third-order valence-corrected chi connectivity index (χ3v) is 7.25. The molecular weight excluding hydrogens is 766 g/mol. The summed E-state index contributed by atoms with van der Waals surface area (Å²) < 4.78 is 21.5. The van der Waals surface area contributed by atoms with Crippen LogP contribution in [0, 0.1) is 39.9 Å². The Morgan fingerprint density at radius 3 is 1.74 bits per heavy atom. The standard InChI is InChI=1S/C30H48N4O12.Gd/c1-43-12-13-44-14-15-45-16-17-46-26-4-2-24(3-5-26)18-25-19-33(22-29(39)40)9-8-31(20-27(35)36)6-7-32(21-28(37)38)10-11-34(25)23-30(41)42;/h2-5,25H,6-23H2,1H3,(H,35,36)(H,37,38)(H,39,40)(H,41,42);/q;+3/p-3/t25-;/m1./s1. The van der Waals surface area contributed by atoms with Crippen LogP contribution in [0.5, 0.6) is 5.75 Å². The topological polar surface area (TPSA) is 208 Å². The minimum absolute atomic E-state index is 0. The van der Waals surface area contributed by atoms with Crippen molar-refractivity contribution in [2.75, 3.05) is 119 Å². The van der Waals surface area contributed by atoms with Gasteiger partial charge in [0.05, 0.1) is 57.5 Å². The Morgan fingerprint density at radius 2 is 1.19 bits per heavy atom. The predicted octanol–water partition coefficient (Wildman–Crippen LogP) is -4.79. The van der Waals surface area contributed by atoms with E-state index in [1.807, 2.05) is 12.1 Å². The fraction of sp³-hybridized carbons (Fsp3) is 0.667. The first-order valence-electron chi connectivity index (χ1n) is 15.1. The molecule has 0 aliphatic carbocycles. The third-order valence-electron chi connectivity index (χ3n) is 7.25. The van der Waals surface area contributed by atoms with Crippen molar-refractivity contribution in [2.24, 2.45) is 0 Å². The second-order valence-corrected chi connectivity index (χ2v) is 10.8. The number of benzene rings is 1. The summed E-state index contributed by atoms with van der Waals surface area (Å²) >= 11 is 0. The van der Waals surface area contributed by atoms with Gasteiger partial charge in [0.2, 0.25) is 0 Å². The number of carbonyl (C=O) groups is 4. The van der Waals surface area contributed by atoms with Crippen molar-refractivity contribution in [3.63, 3.8) is 0 Å². The predicted molar refractivity (Wildman–Crippen MR) is 156 cm³/mol. The van der Waals surface area contributed by atoms with Crippen molar-refractivity contribution < 1.29 is 98.5 Å². The second-order valence-electron chi connectivity index (χ2n) is 10.8. The van der Waals surface area contributed by atoms with Crippen molar-refractivity contribution in [1.82, 2.24) is 19.6 Å². The van der Waals surface area contributed by atoms with E-state index in [0.717, 1.165) is 5.56 Å². The number of aliphatic carboxylic acids is 4. The van der Waals surface area contributed by atoms with Crippen LogP contribution in [0.15, 0.2) is 24.3 Å². The number of nitrogens with zero attached hydrogens (tertiary/aromatic N) is 4. The van der Waals surface area contributed by atoms with Crippen LogP contribution in [-0.4, -0.2) is 173 Å². The minimum Gasteiger partial charge on any atom is -0.549 e. The van der Waals surface area contributed by atoms with Crippen LogP contribution < -0.4 is 20.1 Å². The van der Waals surface area contributed by atoms with E-state index in [9.17, 15) is 39.6 Å². The largest absolute Gasteiger partial charge is 3.00 e. The average Bonchev–Trinajstić information content (AvgIpc) is 2.98. The summed E-state index contributed by atoms with van der Waals surface area (Å²) in [7, 11) is 1.60. The van der Waals surface area contributed by atoms with Crippen LogP contribution in [0.2, 0.25) is 0 Å². The van der Waals surface area contributed by atoms with Gasteiger partial charge < -0.3 is 53.8 Å².